The molecule has 3 atom stereocenters. The minimum Gasteiger partial charge on any atom is -0.547 e. The van der Waals surface area contributed by atoms with Crippen molar-refractivity contribution in [3.05, 3.63) is 71.8 Å². The summed E-state index contributed by atoms with van der Waals surface area (Å²) < 4.78 is 18.4. The lowest BCUT2D eigenvalue weighted by atomic mass is 9.91. The van der Waals surface area contributed by atoms with E-state index in [2.05, 4.69) is 52.3 Å². The Morgan fingerprint density at radius 1 is 0.977 bits per heavy atom. The van der Waals surface area contributed by atoms with E-state index in [1.54, 1.807) is 0 Å². The highest BCUT2D eigenvalue weighted by atomic mass is 28.4. The lowest BCUT2D eigenvalue weighted by Gasteiger charge is -2.42. The van der Waals surface area contributed by atoms with Gasteiger partial charge < -0.3 is 24.0 Å². The number of nitrogens with one attached hydrogen (secondary N) is 1. The molecule has 0 saturated carbocycles. The molecular weight excluding hydrogens is 575 g/mol. The molecule has 7 nitrogen and oxygen atoms in total. The van der Waals surface area contributed by atoms with Gasteiger partial charge in [0.05, 0.1) is 18.1 Å². The van der Waals surface area contributed by atoms with Crippen LogP contribution in [0.4, 0.5) is 4.79 Å². The van der Waals surface area contributed by atoms with Crippen LogP contribution in [-0.4, -0.2) is 52.3 Å². The molecule has 0 spiro atoms. The third-order valence-corrected chi connectivity index (χ3v) is 12.8. The number of rotatable bonds is 14. The predicted octanol–water partition coefficient (Wildman–Crippen LogP) is 8.07. The number of carboxylic acid groups (broad SMARTS) is 1. The Kier molecular flexibility index (Phi) is 13.3. The predicted molar refractivity (Wildman–Crippen MR) is 181 cm³/mol. The Morgan fingerprint density at radius 2 is 1.58 bits per heavy atom. The molecule has 238 valence electrons. The molecule has 0 heterocycles. The van der Waals surface area contributed by atoms with Gasteiger partial charge in [-0.15, -0.1) is 0 Å². The van der Waals surface area contributed by atoms with Crippen LogP contribution in [0.1, 0.15) is 65.5 Å². The summed E-state index contributed by atoms with van der Waals surface area (Å²) in [6.45, 7) is 20.5. The fraction of sp³-hybridized carbons (Fsp3) is 0.529. The quantitative estimate of drug-likeness (QED) is 0.206. The number of hydrogen-bond donors (Lipinski definition) is 2. The zero-order valence-electron chi connectivity index (χ0n) is 27.8. The van der Waals surface area contributed by atoms with E-state index in [0.717, 1.165) is 16.9 Å². The van der Waals surface area contributed by atoms with Crippen LogP contribution < -0.4 is 9.74 Å². The topological polar surface area (TPSA) is 94.1 Å². The van der Waals surface area contributed by atoms with Crippen LogP contribution in [0.5, 0.6) is 5.75 Å². The second-order valence-corrected chi connectivity index (χ2v) is 21.1. The number of hydrogen-bond acceptors (Lipinski definition) is 5. The van der Waals surface area contributed by atoms with Gasteiger partial charge in [-0.25, -0.2) is 4.79 Å². The molecular formula is C34H53NO6Si2. The van der Waals surface area contributed by atoms with Gasteiger partial charge in [-0.2, -0.15) is 0 Å². The lowest BCUT2D eigenvalue weighted by molar-refractivity contribution is -0.142. The second kappa shape index (κ2) is 15.7. The van der Waals surface area contributed by atoms with Crippen LogP contribution in [0.2, 0.25) is 31.2 Å². The Morgan fingerprint density at radius 3 is 2.09 bits per heavy atom. The molecule has 0 radical (unpaired) electrons. The van der Waals surface area contributed by atoms with Gasteiger partial charge in [-0.3, -0.25) is 4.79 Å². The van der Waals surface area contributed by atoms with E-state index in [1.165, 1.54) is 0 Å². The van der Waals surface area contributed by atoms with Crippen LogP contribution in [0.15, 0.2) is 60.7 Å². The van der Waals surface area contributed by atoms with Crippen molar-refractivity contribution in [2.45, 2.75) is 110 Å². The fourth-order valence-electron chi connectivity index (χ4n) is 4.33. The zero-order valence-corrected chi connectivity index (χ0v) is 29.9. The minimum absolute atomic E-state index is 0.110. The van der Waals surface area contributed by atoms with Crippen LogP contribution in [0.25, 0.3) is 6.08 Å². The number of carboxylic acids is 1. The van der Waals surface area contributed by atoms with E-state index in [4.69, 9.17) is 13.6 Å². The van der Waals surface area contributed by atoms with Crippen molar-refractivity contribution in [1.82, 2.24) is 5.32 Å². The van der Waals surface area contributed by atoms with E-state index in [0.29, 0.717) is 12.8 Å². The average Bonchev–Trinajstić information content (AvgIpc) is 2.86. The van der Waals surface area contributed by atoms with E-state index in [1.807, 2.05) is 87.5 Å². The maximum absolute atomic E-state index is 13.0. The number of carbonyl (C=O) groups is 2. The van der Waals surface area contributed by atoms with Gasteiger partial charge in [-0.05, 0) is 94.5 Å². The highest BCUT2D eigenvalue weighted by molar-refractivity contribution is 6.74. The van der Waals surface area contributed by atoms with Crippen LogP contribution in [0.3, 0.4) is 0 Å². The van der Waals surface area contributed by atoms with Crippen molar-refractivity contribution in [3.8, 4) is 5.75 Å². The first-order chi connectivity index (χ1) is 19.9. The zero-order chi connectivity index (χ0) is 32.4. The summed E-state index contributed by atoms with van der Waals surface area (Å²) in [4.78, 5) is 25.6. The monoisotopic (exact) mass is 627 g/mol. The summed E-state index contributed by atoms with van der Waals surface area (Å²) >= 11 is 0. The van der Waals surface area contributed by atoms with Gasteiger partial charge in [-0.1, -0.05) is 75.4 Å². The summed E-state index contributed by atoms with van der Waals surface area (Å²) in [6, 6.07) is 17.2. The largest absolute Gasteiger partial charge is 0.547 e. The molecule has 0 aromatic heterocycles. The van der Waals surface area contributed by atoms with Gasteiger partial charge >= 0.3 is 12.1 Å². The Bertz CT molecular complexity index is 1180. The maximum Gasteiger partial charge on any atom is 0.407 e. The standard InChI is InChI=1S/C34H53NO6Si2/c1-33(2,3)39-32(38)35-29(23-26-15-12-11-13-16-26)30(41-43(9,10)34(4,5)6)24-27(31(36)37)18-14-17-25-19-21-28(22-20-25)40-42(7)8/h11-17,19-22,27,29-30,42H,18,23-24H2,1-10H3,(H,35,38)(H,36,37)/t27-,29+,30+/m1/s1. The Hall–Kier alpha value is -2.89. The molecule has 0 aliphatic rings. The number of amides is 1. The van der Waals surface area contributed by atoms with Gasteiger partial charge in [0.25, 0.3) is 0 Å². The summed E-state index contributed by atoms with van der Waals surface area (Å²) in [5.74, 6) is -0.746. The SMILES string of the molecule is C[SiH](C)Oc1ccc(C=CC[C@H](C[C@H](O[Si](C)(C)C(C)(C)C)[C@H](Cc2ccccc2)NC(=O)OC(C)(C)C)C(=O)O)cc1. The Labute approximate surface area is 261 Å². The molecule has 9 heteroatoms. The highest BCUT2D eigenvalue weighted by Crippen LogP contribution is 2.39. The second-order valence-electron chi connectivity index (χ2n) is 14.0. The van der Waals surface area contributed by atoms with Crippen LogP contribution in [0, 0.1) is 5.92 Å². The third-order valence-electron chi connectivity index (χ3n) is 7.55. The molecule has 43 heavy (non-hydrogen) atoms. The van der Waals surface area contributed by atoms with Crippen molar-refractivity contribution in [2.75, 3.05) is 0 Å². The molecule has 2 N–H and O–H groups in total. The molecule has 0 unspecified atom stereocenters. The van der Waals surface area contributed by atoms with E-state index >= 15 is 0 Å². The van der Waals surface area contributed by atoms with Crippen LogP contribution in [-0.2, 0) is 20.4 Å². The minimum atomic E-state index is -2.36. The molecule has 2 aromatic rings. The summed E-state index contributed by atoms with van der Waals surface area (Å²) in [6.07, 6.45) is 3.81. The number of allylic oxidation sites excluding steroid dienone is 1. The molecule has 0 saturated heterocycles. The molecule has 0 aliphatic carbocycles. The van der Waals surface area contributed by atoms with Gasteiger partial charge in [0.15, 0.2) is 8.32 Å². The van der Waals surface area contributed by atoms with E-state index in [-0.39, 0.29) is 11.5 Å². The fourth-order valence-corrected chi connectivity index (χ4v) is 6.40. The Balaban J connectivity index is 2.38. The van der Waals surface area contributed by atoms with Crippen molar-refractivity contribution in [3.63, 3.8) is 0 Å². The van der Waals surface area contributed by atoms with Crippen molar-refractivity contribution >= 4 is 35.5 Å². The molecule has 2 aromatic carbocycles. The van der Waals surface area contributed by atoms with Gasteiger partial charge in [0.1, 0.15) is 11.4 Å². The van der Waals surface area contributed by atoms with E-state index < -0.39 is 53.1 Å². The number of alkyl carbamates (subject to hydrolysis) is 1. The first-order valence-corrected chi connectivity index (χ1v) is 20.9. The average molecular weight is 628 g/mol. The first-order valence-electron chi connectivity index (χ1n) is 15.2. The molecule has 1 amide bonds. The maximum atomic E-state index is 13.0. The number of ether oxygens (including phenoxy) is 1. The smallest absolute Gasteiger partial charge is 0.407 e. The third kappa shape index (κ3) is 13.1. The van der Waals surface area contributed by atoms with Gasteiger partial charge in [0, 0.05) is 0 Å². The number of benzene rings is 2. The molecule has 0 aliphatic heterocycles. The molecule has 0 fully saturated rings. The van der Waals surface area contributed by atoms with E-state index in [9.17, 15) is 14.7 Å². The number of carbonyl (C=O) groups excluding carboxylic acids is 1. The van der Waals surface area contributed by atoms with Crippen molar-refractivity contribution in [2.24, 2.45) is 5.92 Å². The summed E-state index contributed by atoms with van der Waals surface area (Å²) in [5.41, 5.74) is 1.32. The molecule has 2 rings (SSSR count). The summed E-state index contributed by atoms with van der Waals surface area (Å²) in [7, 11) is -3.54. The van der Waals surface area contributed by atoms with Crippen LogP contribution >= 0.6 is 0 Å². The number of aliphatic carboxylic acids is 1. The normalized spacial score (nSPS) is 14.8. The molecule has 0 bridgehead atoms. The van der Waals surface area contributed by atoms with Gasteiger partial charge in [0.2, 0.25) is 9.04 Å². The first kappa shape index (κ1) is 36.3. The summed E-state index contributed by atoms with van der Waals surface area (Å²) in [5, 5.41) is 13.2. The van der Waals surface area contributed by atoms with Crippen molar-refractivity contribution < 1.29 is 28.3 Å². The highest BCUT2D eigenvalue weighted by Gasteiger charge is 2.42. The van der Waals surface area contributed by atoms with Crippen molar-refractivity contribution in [1.29, 1.82) is 0 Å². The lowest BCUT2D eigenvalue weighted by Crippen LogP contribution is -2.54.